The van der Waals surface area contributed by atoms with Gasteiger partial charge in [-0.25, -0.2) is 9.97 Å². The zero-order valence-corrected chi connectivity index (χ0v) is 18.0. The Morgan fingerprint density at radius 3 is 2.66 bits per heavy atom. The summed E-state index contributed by atoms with van der Waals surface area (Å²) in [5, 5.41) is 15.0. The third kappa shape index (κ3) is 4.90. The van der Waals surface area contributed by atoms with Crippen LogP contribution in [0.4, 0.5) is 23.3 Å². The van der Waals surface area contributed by atoms with E-state index in [0.717, 1.165) is 35.5 Å². The first-order valence-corrected chi connectivity index (χ1v) is 10.3. The highest BCUT2D eigenvalue weighted by atomic mass is 16.1. The zero-order chi connectivity index (χ0) is 22.5. The summed E-state index contributed by atoms with van der Waals surface area (Å²) in [5.41, 5.74) is 5.54. The predicted molar refractivity (Wildman–Crippen MR) is 125 cm³/mol. The van der Waals surface area contributed by atoms with E-state index < -0.39 is 0 Å². The zero-order valence-electron chi connectivity index (χ0n) is 18.0. The first-order valence-electron chi connectivity index (χ1n) is 10.3. The second-order valence-electron chi connectivity index (χ2n) is 7.56. The first-order chi connectivity index (χ1) is 15.5. The van der Waals surface area contributed by atoms with E-state index in [9.17, 15) is 4.79 Å². The highest BCUT2D eigenvalue weighted by Gasteiger charge is 2.16. The van der Waals surface area contributed by atoms with Gasteiger partial charge in [0.2, 0.25) is 17.8 Å². The van der Waals surface area contributed by atoms with E-state index in [2.05, 4.69) is 42.6 Å². The SMILES string of the molecule is CC(=O)Nc1cc(Nc2ncnc(N3CC=C(c4ccc(C#N)cc4)CC3)n2)ccc1C. The average Bonchev–Trinajstić information content (AvgIpc) is 2.81. The molecule has 2 heterocycles. The molecule has 1 aliphatic heterocycles. The number of amides is 1. The van der Waals surface area contributed by atoms with Crippen molar-refractivity contribution in [1.29, 1.82) is 5.26 Å². The van der Waals surface area contributed by atoms with Crippen molar-refractivity contribution in [2.75, 3.05) is 28.6 Å². The molecule has 0 saturated heterocycles. The molecule has 0 spiro atoms. The Bertz CT molecular complexity index is 1210. The molecule has 32 heavy (non-hydrogen) atoms. The number of aromatic nitrogens is 3. The summed E-state index contributed by atoms with van der Waals surface area (Å²) < 4.78 is 0. The summed E-state index contributed by atoms with van der Waals surface area (Å²) in [6, 6.07) is 15.5. The van der Waals surface area contributed by atoms with Crippen LogP contribution in [0.25, 0.3) is 5.57 Å². The van der Waals surface area contributed by atoms with Crippen molar-refractivity contribution >= 4 is 34.8 Å². The van der Waals surface area contributed by atoms with E-state index in [1.165, 1.54) is 18.8 Å². The van der Waals surface area contributed by atoms with Crippen LogP contribution in [0, 0.1) is 18.3 Å². The van der Waals surface area contributed by atoms with Crippen molar-refractivity contribution < 1.29 is 4.79 Å². The number of aryl methyl sites for hydroxylation is 1. The summed E-state index contributed by atoms with van der Waals surface area (Å²) in [6.45, 7) is 4.90. The number of rotatable bonds is 5. The van der Waals surface area contributed by atoms with Crippen molar-refractivity contribution in [2.24, 2.45) is 0 Å². The van der Waals surface area contributed by atoms with Gasteiger partial charge in [0.15, 0.2) is 0 Å². The third-order valence-electron chi connectivity index (χ3n) is 5.24. The largest absolute Gasteiger partial charge is 0.337 e. The summed E-state index contributed by atoms with van der Waals surface area (Å²) >= 11 is 0. The van der Waals surface area contributed by atoms with E-state index in [4.69, 9.17) is 5.26 Å². The lowest BCUT2D eigenvalue weighted by Gasteiger charge is -2.26. The molecule has 0 bridgehead atoms. The normalized spacial score (nSPS) is 13.2. The molecule has 0 aliphatic carbocycles. The van der Waals surface area contributed by atoms with Gasteiger partial charge in [-0.2, -0.15) is 10.2 Å². The van der Waals surface area contributed by atoms with E-state index in [0.29, 0.717) is 24.0 Å². The third-order valence-corrected chi connectivity index (χ3v) is 5.24. The van der Waals surface area contributed by atoms with Gasteiger partial charge in [-0.1, -0.05) is 24.3 Å². The van der Waals surface area contributed by atoms with Crippen molar-refractivity contribution in [2.45, 2.75) is 20.3 Å². The predicted octanol–water partition coefficient (Wildman–Crippen LogP) is 4.05. The quantitative estimate of drug-likeness (QED) is 0.635. The van der Waals surface area contributed by atoms with Crippen LogP contribution >= 0.6 is 0 Å². The van der Waals surface area contributed by atoms with Crippen LogP contribution in [0.2, 0.25) is 0 Å². The molecule has 8 heteroatoms. The Hall–Kier alpha value is -4.25. The molecule has 160 valence electrons. The van der Waals surface area contributed by atoms with E-state index >= 15 is 0 Å². The van der Waals surface area contributed by atoms with Gasteiger partial charge in [-0.15, -0.1) is 0 Å². The van der Waals surface area contributed by atoms with Gasteiger partial charge in [0, 0.05) is 31.4 Å². The van der Waals surface area contributed by atoms with Gasteiger partial charge in [0.25, 0.3) is 0 Å². The summed E-state index contributed by atoms with van der Waals surface area (Å²) in [4.78, 5) is 26.6. The summed E-state index contributed by atoms with van der Waals surface area (Å²) in [5.74, 6) is 0.924. The minimum atomic E-state index is -0.119. The van der Waals surface area contributed by atoms with Crippen LogP contribution in [0.3, 0.4) is 0 Å². The van der Waals surface area contributed by atoms with Gasteiger partial charge in [0.05, 0.1) is 11.6 Å². The molecular formula is C24H23N7O. The number of hydrogen-bond acceptors (Lipinski definition) is 7. The van der Waals surface area contributed by atoms with Crippen LogP contribution < -0.4 is 15.5 Å². The number of nitriles is 1. The topological polar surface area (TPSA) is 107 Å². The Labute approximate surface area is 186 Å². The highest BCUT2D eigenvalue weighted by Crippen LogP contribution is 2.26. The molecule has 1 aromatic heterocycles. The number of carbonyl (C=O) groups is 1. The lowest BCUT2D eigenvalue weighted by Crippen LogP contribution is -2.30. The number of hydrogen-bond donors (Lipinski definition) is 2. The smallest absolute Gasteiger partial charge is 0.232 e. The van der Waals surface area contributed by atoms with Crippen molar-refractivity contribution in [3.05, 3.63) is 71.6 Å². The number of benzene rings is 2. The maximum atomic E-state index is 11.4. The van der Waals surface area contributed by atoms with Crippen LogP contribution in [0.5, 0.6) is 0 Å². The molecule has 2 N–H and O–H groups in total. The van der Waals surface area contributed by atoms with E-state index in [-0.39, 0.29) is 5.91 Å². The molecule has 0 unspecified atom stereocenters. The van der Waals surface area contributed by atoms with Crippen LogP contribution in [-0.4, -0.2) is 33.9 Å². The molecule has 8 nitrogen and oxygen atoms in total. The minimum absolute atomic E-state index is 0.119. The van der Waals surface area contributed by atoms with Gasteiger partial charge < -0.3 is 15.5 Å². The fourth-order valence-corrected chi connectivity index (χ4v) is 3.53. The standard InChI is InChI=1S/C24H23N7O/c1-16-3-8-21(13-22(16)28-17(2)32)29-23-26-15-27-24(30-23)31-11-9-20(10-12-31)19-6-4-18(14-25)5-7-19/h3-9,13,15H,10-12H2,1-2H3,(H,28,32)(H,26,27,29,30). The highest BCUT2D eigenvalue weighted by molar-refractivity contribution is 5.90. The Balaban J connectivity index is 1.46. The maximum absolute atomic E-state index is 11.4. The van der Waals surface area contributed by atoms with E-state index in [1.54, 1.807) is 0 Å². The molecule has 0 saturated carbocycles. The molecule has 4 rings (SSSR count). The summed E-state index contributed by atoms with van der Waals surface area (Å²) in [6.07, 6.45) is 4.52. The molecule has 1 amide bonds. The Morgan fingerprint density at radius 1 is 1.16 bits per heavy atom. The second-order valence-corrected chi connectivity index (χ2v) is 7.56. The monoisotopic (exact) mass is 425 g/mol. The van der Waals surface area contributed by atoms with Crippen LogP contribution in [-0.2, 0) is 4.79 Å². The fraction of sp³-hybridized carbons (Fsp3) is 0.208. The molecule has 1 aliphatic rings. The van der Waals surface area contributed by atoms with E-state index in [1.807, 2.05) is 49.4 Å². The lowest BCUT2D eigenvalue weighted by molar-refractivity contribution is -0.114. The van der Waals surface area contributed by atoms with Crippen molar-refractivity contribution in [3.8, 4) is 6.07 Å². The Morgan fingerprint density at radius 2 is 1.97 bits per heavy atom. The van der Waals surface area contributed by atoms with Crippen molar-refractivity contribution in [3.63, 3.8) is 0 Å². The second kappa shape index (κ2) is 9.27. The van der Waals surface area contributed by atoms with Gasteiger partial charge in [-0.3, -0.25) is 4.79 Å². The van der Waals surface area contributed by atoms with Crippen LogP contribution in [0.15, 0.2) is 54.9 Å². The molecule has 0 radical (unpaired) electrons. The van der Waals surface area contributed by atoms with Crippen LogP contribution in [0.1, 0.15) is 30.0 Å². The van der Waals surface area contributed by atoms with Gasteiger partial charge in [0.1, 0.15) is 6.33 Å². The van der Waals surface area contributed by atoms with Gasteiger partial charge in [-0.05, 0) is 54.3 Å². The average molecular weight is 425 g/mol. The molecule has 0 atom stereocenters. The number of anilines is 4. The van der Waals surface area contributed by atoms with Crippen molar-refractivity contribution in [1.82, 2.24) is 15.0 Å². The molecule has 3 aromatic rings. The molecule has 0 fully saturated rings. The first kappa shape index (κ1) is 21.0. The minimum Gasteiger partial charge on any atom is -0.337 e. The van der Waals surface area contributed by atoms with Gasteiger partial charge >= 0.3 is 0 Å². The lowest BCUT2D eigenvalue weighted by atomic mass is 9.99. The fourth-order valence-electron chi connectivity index (χ4n) is 3.53. The Kier molecular flexibility index (Phi) is 6.08. The maximum Gasteiger partial charge on any atom is 0.232 e. The number of nitrogens with one attached hydrogen (secondary N) is 2. The summed E-state index contributed by atoms with van der Waals surface area (Å²) in [7, 11) is 0. The number of carbonyl (C=O) groups excluding carboxylic acids is 1. The molecule has 2 aromatic carbocycles. The molecular weight excluding hydrogens is 402 g/mol. The number of nitrogens with zero attached hydrogens (tertiary/aromatic N) is 5.